The van der Waals surface area contributed by atoms with Crippen molar-refractivity contribution in [1.29, 1.82) is 0 Å². The van der Waals surface area contributed by atoms with Crippen LogP contribution in [0.3, 0.4) is 0 Å². The van der Waals surface area contributed by atoms with Gasteiger partial charge in [-0.15, -0.1) is 0 Å². The second-order valence-electron chi connectivity index (χ2n) is 5.81. The van der Waals surface area contributed by atoms with Crippen molar-refractivity contribution < 1.29 is 0 Å². The summed E-state index contributed by atoms with van der Waals surface area (Å²) in [4.78, 5) is 4.71. The first-order chi connectivity index (χ1) is 9.35. The number of hydrogen-bond acceptors (Lipinski definition) is 3. The molecule has 2 aliphatic rings. The van der Waals surface area contributed by atoms with Gasteiger partial charge in [0.05, 0.1) is 11.0 Å². The normalized spacial score (nSPS) is 29.8. The number of imidazole rings is 1. The third-order valence-electron chi connectivity index (χ3n) is 4.63. The van der Waals surface area contributed by atoms with Crippen LogP contribution in [0.5, 0.6) is 0 Å². The van der Waals surface area contributed by atoms with E-state index in [0.29, 0.717) is 18.1 Å². The second-order valence-corrected chi connectivity index (χ2v) is 5.81. The predicted molar refractivity (Wildman–Crippen MR) is 77.5 cm³/mol. The molecular weight excluding hydrogens is 236 g/mol. The Hall–Kier alpha value is -1.55. The monoisotopic (exact) mass is 256 g/mol. The molecule has 2 fully saturated rings. The van der Waals surface area contributed by atoms with Crippen LogP contribution in [-0.4, -0.2) is 28.7 Å². The van der Waals surface area contributed by atoms with E-state index in [1.54, 1.807) is 0 Å². The highest BCUT2D eigenvalue weighted by Crippen LogP contribution is 2.37. The van der Waals surface area contributed by atoms with Crippen molar-refractivity contribution in [3.63, 3.8) is 0 Å². The number of anilines is 1. The van der Waals surface area contributed by atoms with Gasteiger partial charge in [-0.05, 0) is 37.8 Å². The molecule has 1 unspecified atom stereocenters. The summed E-state index contributed by atoms with van der Waals surface area (Å²) in [5, 5.41) is 6.98. The zero-order chi connectivity index (χ0) is 12.8. The van der Waals surface area contributed by atoms with Crippen LogP contribution in [0.1, 0.15) is 31.7 Å². The lowest BCUT2D eigenvalue weighted by Crippen LogP contribution is -2.39. The minimum absolute atomic E-state index is 0.577. The van der Waals surface area contributed by atoms with Gasteiger partial charge < -0.3 is 15.2 Å². The minimum atomic E-state index is 0.577. The number of para-hydroxylation sites is 2. The molecule has 19 heavy (non-hydrogen) atoms. The fourth-order valence-electron chi connectivity index (χ4n) is 3.83. The maximum Gasteiger partial charge on any atom is 0.203 e. The van der Waals surface area contributed by atoms with Crippen LogP contribution in [0.25, 0.3) is 11.0 Å². The Kier molecular flexibility index (Phi) is 2.52. The van der Waals surface area contributed by atoms with E-state index in [1.165, 1.54) is 31.2 Å². The number of benzene rings is 1. The fourth-order valence-corrected chi connectivity index (χ4v) is 3.83. The molecule has 0 amide bonds. The summed E-state index contributed by atoms with van der Waals surface area (Å²) < 4.78 is 2.42. The molecule has 0 radical (unpaired) electrons. The Labute approximate surface area is 113 Å². The van der Waals surface area contributed by atoms with E-state index in [2.05, 4.69) is 39.5 Å². The molecular formula is C15H20N4. The van der Waals surface area contributed by atoms with Gasteiger partial charge in [0, 0.05) is 25.2 Å². The Morgan fingerprint density at radius 1 is 1.21 bits per heavy atom. The van der Waals surface area contributed by atoms with Crippen LogP contribution >= 0.6 is 0 Å². The summed E-state index contributed by atoms with van der Waals surface area (Å²) in [5.41, 5.74) is 2.36. The highest BCUT2D eigenvalue weighted by Gasteiger charge is 2.35. The third-order valence-corrected chi connectivity index (χ3v) is 4.63. The largest absolute Gasteiger partial charge is 0.359 e. The van der Waals surface area contributed by atoms with Gasteiger partial charge in [-0.25, -0.2) is 4.98 Å². The number of nitrogens with zero attached hydrogens (tertiary/aromatic N) is 2. The van der Waals surface area contributed by atoms with Crippen LogP contribution in [0.2, 0.25) is 0 Å². The van der Waals surface area contributed by atoms with Crippen molar-refractivity contribution in [3.05, 3.63) is 24.3 Å². The Balaban J connectivity index is 1.81. The Morgan fingerprint density at radius 3 is 2.68 bits per heavy atom. The Bertz CT molecular complexity index is 591. The highest BCUT2D eigenvalue weighted by atomic mass is 15.2. The lowest BCUT2D eigenvalue weighted by Gasteiger charge is -2.31. The number of nitrogens with one attached hydrogen (secondary N) is 2. The molecule has 2 aromatic rings. The van der Waals surface area contributed by atoms with Crippen molar-refractivity contribution >= 4 is 17.0 Å². The number of aromatic nitrogens is 2. The van der Waals surface area contributed by atoms with Gasteiger partial charge in [0.15, 0.2) is 0 Å². The fraction of sp³-hybridized carbons (Fsp3) is 0.533. The van der Waals surface area contributed by atoms with E-state index in [1.807, 2.05) is 7.05 Å². The molecule has 2 saturated heterocycles. The van der Waals surface area contributed by atoms with Crippen molar-refractivity contribution in [1.82, 2.24) is 14.9 Å². The lowest BCUT2D eigenvalue weighted by atomic mass is 9.99. The van der Waals surface area contributed by atoms with Crippen LogP contribution in [0.4, 0.5) is 5.95 Å². The second kappa shape index (κ2) is 4.23. The zero-order valence-corrected chi connectivity index (χ0v) is 11.3. The molecule has 100 valence electrons. The molecule has 0 spiro atoms. The predicted octanol–water partition coefficient (Wildman–Crippen LogP) is 2.53. The summed E-state index contributed by atoms with van der Waals surface area (Å²) in [7, 11) is 1.97. The summed E-state index contributed by atoms with van der Waals surface area (Å²) in [6.45, 7) is 0. The van der Waals surface area contributed by atoms with Gasteiger partial charge in [-0.2, -0.15) is 0 Å². The molecule has 2 N–H and O–H groups in total. The van der Waals surface area contributed by atoms with Crippen LogP contribution < -0.4 is 10.6 Å². The van der Waals surface area contributed by atoms with E-state index in [0.717, 1.165) is 11.5 Å². The standard InChI is InChI=1S/C15H20N4/c1-16-15-18-13-4-2-3-5-14(13)19(15)12-8-10-6-7-11(9-12)17-10/h2-5,10-12,17H,6-9H2,1H3,(H,16,18)/t10-,11+,12?. The van der Waals surface area contributed by atoms with E-state index in [4.69, 9.17) is 4.98 Å². The third kappa shape index (κ3) is 1.74. The maximum absolute atomic E-state index is 4.71. The van der Waals surface area contributed by atoms with Crippen LogP contribution in [0.15, 0.2) is 24.3 Å². The molecule has 3 heterocycles. The highest BCUT2D eigenvalue weighted by molar-refractivity contribution is 5.78. The number of hydrogen-bond donors (Lipinski definition) is 2. The first-order valence-electron chi connectivity index (χ1n) is 7.26. The van der Waals surface area contributed by atoms with Crippen molar-refractivity contribution in [3.8, 4) is 0 Å². The van der Waals surface area contributed by atoms with Gasteiger partial charge >= 0.3 is 0 Å². The molecule has 2 bridgehead atoms. The summed E-state index contributed by atoms with van der Waals surface area (Å²) in [5.74, 6) is 1.01. The van der Waals surface area contributed by atoms with Crippen molar-refractivity contribution in [2.45, 2.75) is 43.8 Å². The van der Waals surface area contributed by atoms with Crippen molar-refractivity contribution in [2.24, 2.45) is 0 Å². The molecule has 4 rings (SSSR count). The van der Waals surface area contributed by atoms with E-state index in [-0.39, 0.29) is 0 Å². The molecule has 3 atom stereocenters. The average molecular weight is 256 g/mol. The van der Waals surface area contributed by atoms with E-state index >= 15 is 0 Å². The van der Waals surface area contributed by atoms with Crippen LogP contribution in [0, 0.1) is 0 Å². The lowest BCUT2D eigenvalue weighted by molar-refractivity contribution is 0.305. The molecule has 4 heteroatoms. The van der Waals surface area contributed by atoms with Crippen molar-refractivity contribution in [2.75, 3.05) is 12.4 Å². The molecule has 0 aliphatic carbocycles. The number of piperidine rings is 1. The zero-order valence-electron chi connectivity index (χ0n) is 11.3. The first kappa shape index (κ1) is 11.3. The van der Waals surface area contributed by atoms with Gasteiger partial charge in [0.2, 0.25) is 5.95 Å². The average Bonchev–Trinajstić information content (AvgIpc) is 2.98. The Morgan fingerprint density at radius 2 is 1.95 bits per heavy atom. The van der Waals surface area contributed by atoms with Crippen LogP contribution in [-0.2, 0) is 0 Å². The van der Waals surface area contributed by atoms with Gasteiger partial charge in [0.25, 0.3) is 0 Å². The van der Waals surface area contributed by atoms with E-state index in [9.17, 15) is 0 Å². The number of rotatable bonds is 2. The minimum Gasteiger partial charge on any atom is -0.359 e. The molecule has 0 saturated carbocycles. The van der Waals surface area contributed by atoms with Gasteiger partial charge in [0.1, 0.15) is 0 Å². The maximum atomic E-state index is 4.71. The summed E-state index contributed by atoms with van der Waals surface area (Å²) in [6.07, 6.45) is 5.13. The molecule has 2 aliphatic heterocycles. The topological polar surface area (TPSA) is 41.9 Å². The summed E-state index contributed by atoms with van der Waals surface area (Å²) in [6, 6.07) is 10.4. The molecule has 1 aromatic carbocycles. The number of fused-ring (bicyclic) bond motifs is 3. The first-order valence-corrected chi connectivity index (χ1v) is 7.26. The summed E-state index contributed by atoms with van der Waals surface area (Å²) >= 11 is 0. The molecule has 4 nitrogen and oxygen atoms in total. The van der Waals surface area contributed by atoms with Gasteiger partial charge in [-0.3, -0.25) is 0 Å². The molecule has 1 aromatic heterocycles. The quantitative estimate of drug-likeness (QED) is 0.867. The van der Waals surface area contributed by atoms with E-state index < -0.39 is 0 Å². The smallest absolute Gasteiger partial charge is 0.203 e. The SMILES string of the molecule is CNc1nc2ccccc2n1C1C[C@H]2CC[C@@H](C1)N2. The van der Waals surface area contributed by atoms with Gasteiger partial charge in [-0.1, -0.05) is 12.1 Å².